The summed E-state index contributed by atoms with van der Waals surface area (Å²) >= 11 is 0. The SMILES string of the molecule is Cc1ccccc1CCC(=O)NC(c1ccc2c(c1)CCO2)C1CC(O)C1. The molecule has 1 amide bonds. The van der Waals surface area contributed by atoms with Crippen LogP contribution >= 0.6 is 0 Å². The molecule has 0 spiro atoms. The average molecular weight is 365 g/mol. The lowest BCUT2D eigenvalue weighted by Crippen LogP contribution is -2.41. The van der Waals surface area contributed by atoms with E-state index in [4.69, 9.17) is 4.74 Å². The Morgan fingerprint density at radius 2 is 2.07 bits per heavy atom. The summed E-state index contributed by atoms with van der Waals surface area (Å²) in [5, 5.41) is 13.0. The number of aliphatic hydroxyl groups is 1. The van der Waals surface area contributed by atoms with E-state index < -0.39 is 0 Å². The van der Waals surface area contributed by atoms with Crippen molar-refractivity contribution in [1.82, 2.24) is 5.32 Å². The van der Waals surface area contributed by atoms with Gasteiger partial charge < -0.3 is 15.2 Å². The molecular weight excluding hydrogens is 338 g/mol. The van der Waals surface area contributed by atoms with Gasteiger partial charge in [-0.05, 0) is 66.5 Å². The third-order valence-corrected chi connectivity index (χ3v) is 5.89. The number of nitrogens with one attached hydrogen (secondary N) is 1. The summed E-state index contributed by atoms with van der Waals surface area (Å²) in [5.74, 6) is 1.32. The van der Waals surface area contributed by atoms with Crippen LogP contribution in [0.4, 0.5) is 0 Å². The van der Waals surface area contributed by atoms with Gasteiger partial charge in [0, 0.05) is 12.8 Å². The largest absolute Gasteiger partial charge is 0.493 e. The van der Waals surface area contributed by atoms with Gasteiger partial charge in [-0.2, -0.15) is 0 Å². The van der Waals surface area contributed by atoms with Gasteiger partial charge in [0.15, 0.2) is 0 Å². The lowest BCUT2D eigenvalue weighted by Gasteiger charge is -2.38. The highest BCUT2D eigenvalue weighted by Gasteiger charge is 2.36. The summed E-state index contributed by atoms with van der Waals surface area (Å²) in [7, 11) is 0. The molecule has 1 aliphatic heterocycles. The standard InChI is InChI=1S/C23H27NO3/c1-15-4-2-3-5-16(15)7-9-22(26)24-23(19-13-20(25)14-19)18-6-8-21-17(12-18)10-11-27-21/h2-6,8,12,19-20,23,25H,7,9-11,13-14H2,1H3,(H,24,26). The van der Waals surface area contributed by atoms with Gasteiger partial charge in [0.2, 0.25) is 5.91 Å². The number of fused-ring (bicyclic) bond motifs is 1. The molecule has 1 fully saturated rings. The van der Waals surface area contributed by atoms with Crippen molar-refractivity contribution in [2.75, 3.05) is 6.61 Å². The van der Waals surface area contributed by atoms with Crippen molar-refractivity contribution >= 4 is 5.91 Å². The first-order chi connectivity index (χ1) is 13.1. The van der Waals surface area contributed by atoms with Gasteiger partial charge in [-0.1, -0.05) is 30.3 Å². The zero-order valence-electron chi connectivity index (χ0n) is 15.8. The Balaban J connectivity index is 1.45. The molecule has 142 valence electrons. The summed E-state index contributed by atoms with van der Waals surface area (Å²) in [6.07, 6.45) is 3.40. The molecule has 4 heteroatoms. The van der Waals surface area contributed by atoms with Gasteiger partial charge in [0.05, 0.1) is 18.8 Å². The van der Waals surface area contributed by atoms with Crippen LogP contribution in [-0.2, 0) is 17.6 Å². The topological polar surface area (TPSA) is 58.6 Å². The monoisotopic (exact) mass is 365 g/mol. The van der Waals surface area contributed by atoms with Crippen LogP contribution in [0.3, 0.4) is 0 Å². The van der Waals surface area contributed by atoms with E-state index >= 15 is 0 Å². The Morgan fingerprint density at radius 1 is 1.26 bits per heavy atom. The molecule has 1 saturated carbocycles. The first-order valence-electron chi connectivity index (χ1n) is 9.87. The minimum atomic E-state index is -0.237. The van der Waals surface area contributed by atoms with E-state index in [1.165, 1.54) is 16.7 Å². The Hall–Kier alpha value is -2.33. The zero-order chi connectivity index (χ0) is 18.8. The van der Waals surface area contributed by atoms with Crippen molar-refractivity contribution in [1.29, 1.82) is 0 Å². The maximum atomic E-state index is 12.7. The molecule has 0 aromatic heterocycles. The lowest BCUT2D eigenvalue weighted by atomic mass is 9.74. The normalized spacial score (nSPS) is 21.7. The fourth-order valence-corrected chi connectivity index (χ4v) is 4.16. The number of hydrogen-bond acceptors (Lipinski definition) is 3. The van der Waals surface area contributed by atoms with E-state index in [0.717, 1.165) is 43.6 Å². The molecule has 0 radical (unpaired) electrons. The van der Waals surface area contributed by atoms with Crippen LogP contribution in [-0.4, -0.2) is 23.7 Å². The molecular formula is C23H27NO3. The molecule has 4 nitrogen and oxygen atoms in total. The van der Waals surface area contributed by atoms with Gasteiger partial charge >= 0.3 is 0 Å². The molecule has 1 heterocycles. The van der Waals surface area contributed by atoms with E-state index in [9.17, 15) is 9.90 Å². The van der Waals surface area contributed by atoms with Crippen molar-refractivity contribution in [3.63, 3.8) is 0 Å². The van der Waals surface area contributed by atoms with Crippen molar-refractivity contribution < 1.29 is 14.6 Å². The van der Waals surface area contributed by atoms with E-state index in [0.29, 0.717) is 12.3 Å². The number of carbonyl (C=O) groups is 1. The van der Waals surface area contributed by atoms with Crippen LogP contribution in [0, 0.1) is 12.8 Å². The number of aliphatic hydroxyl groups excluding tert-OH is 1. The molecule has 2 N–H and O–H groups in total. The van der Waals surface area contributed by atoms with Crippen LogP contribution in [0.15, 0.2) is 42.5 Å². The molecule has 27 heavy (non-hydrogen) atoms. The first kappa shape index (κ1) is 18.1. The summed E-state index contributed by atoms with van der Waals surface area (Å²) in [4.78, 5) is 12.7. The quantitative estimate of drug-likeness (QED) is 0.824. The van der Waals surface area contributed by atoms with Gasteiger partial charge in [0.1, 0.15) is 5.75 Å². The fourth-order valence-electron chi connectivity index (χ4n) is 4.16. The van der Waals surface area contributed by atoms with E-state index in [2.05, 4.69) is 36.5 Å². The van der Waals surface area contributed by atoms with Crippen molar-refractivity contribution in [3.05, 3.63) is 64.7 Å². The number of hydrogen-bond donors (Lipinski definition) is 2. The Bertz CT molecular complexity index is 826. The van der Waals surface area contributed by atoms with Gasteiger partial charge in [-0.25, -0.2) is 0 Å². The van der Waals surface area contributed by atoms with Gasteiger partial charge in [-0.15, -0.1) is 0 Å². The average Bonchev–Trinajstić information content (AvgIpc) is 3.11. The third-order valence-electron chi connectivity index (χ3n) is 5.89. The van der Waals surface area contributed by atoms with Crippen LogP contribution in [0.25, 0.3) is 0 Å². The zero-order valence-corrected chi connectivity index (χ0v) is 15.8. The number of ether oxygens (including phenoxy) is 1. The molecule has 2 aromatic rings. The van der Waals surface area contributed by atoms with Gasteiger partial charge in [0.25, 0.3) is 0 Å². The summed E-state index contributed by atoms with van der Waals surface area (Å²) in [6, 6.07) is 14.4. The van der Waals surface area contributed by atoms with Gasteiger partial charge in [-0.3, -0.25) is 4.79 Å². The Kier molecular flexibility index (Phi) is 5.17. The molecule has 2 aliphatic rings. The third kappa shape index (κ3) is 4.01. The predicted molar refractivity (Wildman–Crippen MR) is 105 cm³/mol. The highest BCUT2D eigenvalue weighted by Crippen LogP contribution is 2.39. The smallest absolute Gasteiger partial charge is 0.220 e. The predicted octanol–water partition coefficient (Wildman–Crippen LogP) is 3.49. The lowest BCUT2D eigenvalue weighted by molar-refractivity contribution is -0.123. The molecule has 0 bridgehead atoms. The van der Waals surface area contributed by atoms with Crippen molar-refractivity contribution in [3.8, 4) is 5.75 Å². The number of amides is 1. The Labute approximate surface area is 160 Å². The highest BCUT2D eigenvalue weighted by molar-refractivity contribution is 5.77. The molecule has 1 aliphatic carbocycles. The van der Waals surface area contributed by atoms with Crippen molar-refractivity contribution in [2.24, 2.45) is 5.92 Å². The maximum Gasteiger partial charge on any atom is 0.220 e. The molecule has 1 atom stereocenters. The maximum absolute atomic E-state index is 12.7. The second-order valence-electron chi connectivity index (χ2n) is 7.82. The number of carbonyl (C=O) groups excluding carboxylic acids is 1. The van der Waals surface area contributed by atoms with E-state index in [1.807, 2.05) is 18.2 Å². The second-order valence-corrected chi connectivity index (χ2v) is 7.82. The highest BCUT2D eigenvalue weighted by atomic mass is 16.5. The van der Waals surface area contributed by atoms with E-state index in [1.54, 1.807) is 0 Å². The number of aryl methyl sites for hydroxylation is 2. The van der Waals surface area contributed by atoms with Crippen LogP contribution < -0.4 is 10.1 Å². The van der Waals surface area contributed by atoms with Crippen LogP contribution in [0.1, 0.15) is 47.6 Å². The Morgan fingerprint density at radius 3 is 2.85 bits per heavy atom. The summed E-state index contributed by atoms with van der Waals surface area (Å²) in [5.41, 5.74) is 4.78. The number of rotatable bonds is 6. The molecule has 1 unspecified atom stereocenters. The van der Waals surface area contributed by atoms with Crippen molar-refractivity contribution in [2.45, 2.75) is 51.2 Å². The summed E-state index contributed by atoms with van der Waals surface area (Å²) < 4.78 is 5.60. The molecule has 2 aromatic carbocycles. The minimum Gasteiger partial charge on any atom is -0.493 e. The fraction of sp³-hybridized carbons (Fsp3) is 0.435. The minimum absolute atomic E-state index is 0.0383. The van der Waals surface area contributed by atoms with Crippen LogP contribution in [0.5, 0.6) is 5.75 Å². The first-order valence-corrected chi connectivity index (χ1v) is 9.87. The second kappa shape index (κ2) is 7.73. The number of benzene rings is 2. The summed E-state index contributed by atoms with van der Waals surface area (Å²) in [6.45, 7) is 2.81. The molecule has 0 saturated heterocycles. The van der Waals surface area contributed by atoms with E-state index in [-0.39, 0.29) is 18.1 Å². The van der Waals surface area contributed by atoms with Crippen LogP contribution in [0.2, 0.25) is 0 Å². The molecule has 4 rings (SSSR count).